The molecular weight excluding hydrogens is 573 g/mol. The van der Waals surface area contributed by atoms with Gasteiger partial charge in [-0.05, 0) is 75.7 Å². The summed E-state index contributed by atoms with van der Waals surface area (Å²) in [6.07, 6.45) is 0. The standard InChI is InChI=1S/C28H31BrFN3O4S/c1-19(2)31-28(35)21(4)32(17-22-10-12-24(30)13-11-22)27(34)18-33(25-7-5-6-23(29)16-25)38(36,37)26-14-8-20(3)9-15-26/h5-16,19,21H,17-18H2,1-4H3,(H,31,35)/t21-/m0/s1. The molecule has 7 nitrogen and oxygen atoms in total. The first-order valence-corrected chi connectivity index (χ1v) is 14.3. The maximum atomic E-state index is 13.8. The van der Waals surface area contributed by atoms with Gasteiger partial charge in [0.05, 0.1) is 10.6 Å². The van der Waals surface area contributed by atoms with Gasteiger partial charge in [-0.2, -0.15) is 0 Å². The van der Waals surface area contributed by atoms with Crippen LogP contribution in [0.15, 0.2) is 82.2 Å². The lowest BCUT2D eigenvalue weighted by Gasteiger charge is -2.32. The van der Waals surface area contributed by atoms with Gasteiger partial charge < -0.3 is 10.2 Å². The number of carbonyl (C=O) groups is 2. The van der Waals surface area contributed by atoms with E-state index in [0.29, 0.717) is 10.0 Å². The highest BCUT2D eigenvalue weighted by Crippen LogP contribution is 2.27. The Labute approximate surface area is 231 Å². The summed E-state index contributed by atoms with van der Waals surface area (Å²) in [6.45, 7) is 6.48. The first kappa shape index (κ1) is 29.3. The molecule has 1 atom stereocenters. The van der Waals surface area contributed by atoms with Crippen LogP contribution in [-0.4, -0.2) is 43.8 Å². The monoisotopic (exact) mass is 603 g/mol. The second-order valence-corrected chi connectivity index (χ2v) is 12.1. The van der Waals surface area contributed by atoms with Crippen LogP contribution < -0.4 is 9.62 Å². The van der Waals surface area contributed by atoms with Crippen molar-refractivity contribution < 1.29 is 22.4 Å². The summed E-state index contributed by atoms with van der Waals surface area (Å²) in [5, 5.41) is 2.80. The lowest BCUT2D eigenvalue weighted by molar-refractivity contribution is -0.139. The molecule has 3 rings (SSSR count). The molecule has 0 aromatic heterocycles. The van der Waals surface area contributed by atoms with Crippen molar-refractivity contribution in [2.75, 3.05) is 10.8 Å². The van der Waals surface area contributed by atoms with Crippen molar-refractivity contribution in [1.82, 2.24) is 10.2 Å². The highest BCUT2D eigenvalue weighted by atomic mass is 79.9. The third kappa shape index (κ3) is 7.41. The maximum Gasteiger partial charge on any atom is 0.264 e. The highest BCUT2D eigenvalue weighted by molar-refractivity contribution is 9.10. The lowest BCUT2D eigenvalue weighted by Crippen LogP contribution is -2.52. The van der Waals surface area contributed by atoms with E-state index in [2.05, 4.69) is 21.2 Å². The third-order valence-corrected chi connectivity index (χ3v) is 8.13. The quantitative estimate of drug-likeness (QED) is 0.352. The van der Waals surface area contributed by atoms with Crippen LogP contribution in [0.4, 0.5) is 10.1 Å². The fourth-order valence-corrected chi connectivity index (χ4v) is 5.56. The van der Waals surface area contributed by atoms with Crippen LogP contribution in [0.3, 0.4) is 0 Å². The van der Waals surface area contributed by atoms with Gasteiger partial charge in [-0.3, -0.25) is 13.9 Å². The molecule has 0 saturated carbocycles. The number of aryl methyl sites for hydroxylation is 1. The van der Waals surface area contributed by atoms with Gasteiger partial charge in [0.1, 0.15) is 18.4 Å². The van der Waals surface area contributed by atoms with Gasteiger partial charge >= 0.3 is 0 Å². The molecule has 0 fully saturated rings. The van der Waals surface area contributed by atoms with Crippen molar-refractivity contribution in [3.05, 3.63) is 94.2 Å². The van der Waals surface area contributed by atoms with Crippen LogP contribution in [0.2, 0.25) is 0 Å². The van der Waals surface area contributed by atoms with Crippen molar-refractivity contribution in [2.45, 2.75) is 51.2 Å². The van der Waals surface area contributed by atoms with E-state index in [0.717, 1.165) is 9.87 Å². The fraction of sp³-hybridized carbons (Fsp3) is 0.286. The molecule has 0 spiro atoms. The predicted molar refractivity (Wildman–Crippen MR) is 150 cm³/mol. The van der Waals surface area contributed by atoms with Gasteiger partial charge in [-0.25, -0.2) is 12.8 Å². The molecule has 3 aromatic carbocycles. The Morgan fingerprint density at radius 1 is 0.974 bits per heavy atom. The normalized spacial score (nSPS) is 12.2. The largest absolute Gasteiger partial charge is 0.352 e. The van der Waals surface area contributed by atoms with Crippen LogP contribution in [-0.2, 0) is 26.2 Å². The minimum absolute atomic E-state index is 0.0112. The van der Waals surface area contributed by atoms with Crippen molar-refractivity contribution in [1.29, 1.82) is 0 Å². The summed E-state index contributed by atoms with van der Waals surface area (Å²) < 4.78 is 42.7. The summed E-state index contributed by atoms with van der Waals surface area (Å²) in [5.74, 6) is -1.40. The molecule has 0 unspecified atom stereocenters. The summed E-state index contributed by atoms with van der Waals surface area (Å²) in [4.78, 5) is 28.0. The van der Waals surface area contributed by atoms with E-state index in [1.165, 1.54) is 41.3 Å². The molecule has 1 N–H and O–H groups in total. The zero-order valence-corrected chi connectivity index (χ0v) is 24.1. The van der Waals surface area contributed by atoms with Gasteiger partial charge in [0.15, 0.2) is 0 Å². The molecule has 0 aliphatic rings. The molecular formula is C28H31BrFN3O4S. The SMILES string of the molecule is Cc1ccc(S(=O)(=O)N(CC(=O)N(Cc2ccc(F)cc2)[C@@H](C)C(=O)NC(C)C)c2cccc(Br)c2)cc1. The van der Waals surface area contributed by atoms with Crippen molar-refractivity contribution in [2.24, 2.45) is 0 Å². The molecule has 202 valence electrons. The zero-order valence-electron chi connectivity index (χ0n) is 21.7. The van der Waals surface area contributed by atoms with Gasteiger partial charge in [-0.1, -0.05) is 51.8 Å². The fourth-order valence-electron chi connectivity index (χ4n) is 3.77. The van der Waals surface area contributed by atoms with Crippen LogP contribution in [0.1, 0.15) is 31.9 Å². The number of hydrogen-bond donors (Lipinski definition) is 1. The van der Waals surface area contributed by atoms with Crippen molar-refractivity contribution in [3.63, 3.8) is 0 Å². The van der Waals surface area contributed by atoms with E-state index >= 15 is 0 Å². The number of hydrogen-bond acceptors (Lipinski definition) is 4. The first-order chi connectivity index (χ1) is 17.9. The molecule has 0 aliphatic heterocycles. The van der Waals surface area contributed by atoms with Crippen LogP contribution >= 0.6 is 15.9 Å². The summed E-state index contributed by atoms with van der Waals surface area (Å²) >= 11 is 3.37. The van der Waals surface area contributed by atoms with E-state index in [1.54, 1.807) is 57.2 Å². The summed E-state index contributed by atoms with van der Waals surface area (Å²) in [5.41, 5.74) is 1.78. The Balaban J connectivity index is 2.03. The topological polar surface area (TPSA) is 86.8 Å². The Morgan fingerprint density at radius 3 is 2.18 bits per heavy atom. The lowest BCUT2D eigenvalue weighted by atomic mass is 10.1. The second-order valence-electron chi connectivity index (χ2n) is 9.29. The minimum Gasteiger partial charge on any atom is -0.352 e. The van der Waals surface area contributed by atoms with Crippen molar-refractivity contribution in [3.8, 4) is 0 Å². The third-order valence-electron chi connectivity index (χ3n) is 5.85. The van der Waals surface area contributed by atoms with Gasteiger partial charge in [0.2, 0.25) is 11.8 Å². The van der Waals surface area contributed by atoms with Gasteiger partial charge in [-0.15, -0.1) is 0 Å². The number of carbonyl (C=O) groups excluding carboxylic acids is 2. The minimum atomic E-state index is -4.14. The number of nitrogens with one attached hydrogen (secondary N) is 1. The molecule has 0 heterocycles. The molecule has 0 radical (unpaired) electrons. The second kappa shape index (κ2) is 12.5. The smallest absolute Gasteiger partial charge is 0.264 e. The van der Waals surface area contributed by atoms with Crippen molar-refractivity contribution >= 4 is 43.5 Å². The number of benzene rings is 3. The van der Waals surface area contributed by atoms with Crippen LogP contribution in [0.5, 0.6) is 0 Å². The van der Waals surface area contributed by atoms with E-state index in [1.807, 2.05) is 6.92 Å². The Bertz CT molecular complexity index is 1380. The number of anilines is 1. The molecule has 0 bridgehead atoms. The average molecular weight is 605 g/mol. The Kier molecular flexibility index (Phi) is 9.67. The number of amides is 2. The van der Waals surface area contributed by atoms with Crippen LogP contribution in [0, 0.1) is 12.7 Å². The molecule has 10 heteroatoms. The van der Waals surface area contributed by atoms with Gasteiger partial charge in [0, 0.05) is 17.1 Å². The number of sulfonamides is 1. The van der Waals surface area contributed by atoms with E-state index in [9.17, 15) is 22.4 Å². The number of halogens is 2. The van der Waals surface area contributed by atoms with E-state index in [4.69, 9.17) is 0 Å². The Morgan fingerprint density at radius 2 is 1.61 bits per heavy atom. The molecule has 2 amide bonds. The van der Waals surface area contributed by atoms with E-state index < -0.39 is 34.3 Å². The molecule has 0 saturated heterocycles. The summed E-state index contributed by atoms with van der Waals surface area (Å²) in [7, 11) is -4.14. The zero-order chi connectivity index (χ0) is 28.0. The van der Waals surface area contributed by atoms with Gasteiger partial charge in [0.25, 0.3) is 10.0 Å². The average Bonchev–Trinajstić information content (AvgIpc) is 2.86. The maximum absolute atomic E-state index is 13.8. The molecule has 38 heavy (non-hydrogen) atoms. The predicted octanol–water partition coefficient (Wildman–Crippen LogP) is 5.03. The van der Waals surface area contributed by atoms with E-state index in [-0.39, 0.29) is 29.1 Å². The van der Waals surface area contributed by atoms with Crippen LogP contribution in [0.25, 0.3) is 0 Å². The molecule has 0 aliphatic carbocycles. The summed E-state index contributed by atoms with van der Waals surface area (Å²) in [6, 6.07) is 17.5. The molecule has 3 aromatic rings. The Hall–Kier alpha value is -3.24. The first-order valence-electron chi connectivity index (χ1n) is 12.1. The highest BCUT2D eigenvalue weighted by Gasteiger charge is 2.32. The number of nitrogens with zero attached hydrogens (tertiary/aromatic N) is 2. The number of rotatable bonds is 10.